The van der Waals surface area contributed by atoms with Crippen molar-refractivity contribution in [2.45, 2.75) is 32.3 Å². The first-order chi connectivity index (χ1) is 9.26. The highest BCUT2D eigenvalue weighted by Crippen LogP contribution is 2.11. The van der Waals surface area contributed by atoms with Gasteiger partial charge < -0.3 is 15.8 Å². The first kappa shape index (κ1) is 15.2. The van der Waals surface area contributed by atoms with Gasteiger partial charge in [0.1, 0.15) is 6.61 Å². The lowest BCUT2D eigenvalue weighted by atomic mass is 10.2. The van der Waals surface area contributed by atoms with Crippen LogP contribution in [0.3, 0.4) is 0 Å². The van der Waals surface area contributed by atoms with Crippen molar-refractivity contribution in [1.29, 1.82) is 0 Å². The Kier molecular flexibility index (Phi) is 7.27. The van der Waals surface area contributed by atoms with Crippen molar-refractivity contribution in [3.8, 4) is 0 Å². The quantitative estimate of drug-likeness (QED) is 0.526. The summed E-state index contributed by atoms with van der Waals surface area (Å²) in [5.74, 6) is 0.00825. The van der Waals surface area contributed by atoms with Gasteiger partial charge in [-0.3, -0.25) is 9.59 Å². The van der Waals surface area contributed by atoms with Gasteiger partial charge in [0.15, 0.2) is 0 Å². The van der Waals surface area contributed by atoms with Crippen molar-refractivity contribution in [1.82, 2.24) is 0 Å². The van der Waals surface area contributed by atoms with E-state index in [0.717, 1.165) is 30.5 Å². The lowest BCUT2D eigenvalue weighted by Gasteiger charge is -2.06. The number of carbonyl (C=O) groups excluding carboxylic acids is 2. The Labute approximate surface area is 113 Å². The topological polar surface area (TPSA) is 81.4 Å². The second-order valence-electron chi connectivity index (χ2n) is 4.25. The van der Waals surface area contributed by atoms with Crippen molar-refractivity contribution < 1.29 is 14.3 Å². The molecule has 1 rings (SSSR count). The number of nitrogens with one attached hydrogen (secondary N) is 1. The minimum Gasteiger partial charge on any atom is -0.463 e. The Morgan fingerprint density at radius 1 is 1.21 bits per heavy atom. The average Bonchev–Trinajstić information content (AvgIpc) is 2.43. The van der Waals surface area contributed by atoms with Crippen LogP contribution in [0.5, 0.6) is 0 Å². The SMILES string of the molecule is NCCCCCC(=O)Nc1ccc(COC=O)cc1. The average molecular weight is 264 g/mol. The van der Waals surface area contributed by atoms with E-state index >= 15 is 0 Å². The first-order valence-electron chi connectivity index (χ1n) is 6.40. The van der Waals surface area contributed by atoms with Crippen LogP contribution in [0.25, 0.3) is 0 Å². The van der Waals surface area contributed by atoms with E-state index < -0.39 is 0 Å². The number of unbranched alkanes of at least 4 members (excludes halogenated alkanes) is 2. The lowest BCUT2D eigenvalue weighted by Crippen LogP contribution is -2.11. The molecule has 104 valence electrons. The molecule has 0 aliphatic rings. The van der Waals surface area contributed by atoms with Crippen LogP contribution in [0.2, 0.25) is 0 Å². The van der Waals surface area contributed by atoms with Gasteiger partial charge in [-0.2, -0.15) is 0 Å². The van der Waals surface area contributed by atoms with Crippen molar-refractivity contribution in [3.63, 3.8) is 0 Å². The number of hydrogen-bond acceptors (Lipinski definition) is 4. The predicted molar refractivity (Wildman–Crippen MR) is 73.4 cm³/mol. The second kappa shape index (κ2) is 9.10. The molecule has 1 aromatic rings. The van der Waals surface area contributed by atoms with Crippen molar-refractivity contribution >= 4 is 18.1 Å². The Morgan fingerprint density at radius 3 is 2.58 bits per heavy atom. The molecule has 5 nitrogen and oxygen atoms in total. The standard InChI is InChI=1S/C14H20N2O3/c15-9-3-1-2-4-14(18)16-13-7-5-12(6-8-13)10-19-11-17/h5-8,11H,1-4,9-10,15H2,(H,16,18). The van der Waals surface area contributed by atoms with E-state index in [1.807, 2.05) is 12.1 Å². The maximum atomic E-state index is 11.6. The third kappa shape index (κ3) is 6.57. The number of amides is 1. The predicted octanol–water partition coefficient (Wildman–Crippen LogP) is 1.82. The summed E-state index contributed by atoms with van der Waals surface area (Å²) in [6.07, 6.45) is 3.30. The first-order valence-corrected chi connectivity index (χ1v) is 6.40. The van der Waals surface area contributed by atoms with E-state index in [2.05, 4.69) is 10.1 Å². The van der Waals surface area contributed by atoms with Crippen LogP contribution in [-0.2, 0) is 20.9 Å². The summed E-state index contributed by atoms with van der Waals surface area (Å²) in [6.45, 7) is 1.33. The summed E-state index contributed by atoms with van der Waals surface area (Å²) in [5, 5.41) is 2.82. The summed E-state index contributed by atoms with van der Waals surface area (Å²) in [6, 6.07) is 7.21. The molecule has 3 N–H and O–H groups in total. The van der Waals surface area contributed by atoms with Gasteiger partial charge in [0.2, 0.25) is 5.91 Å². The number of rotatable bonds is 9. The number of ether oxygens (including phenoxy) is 1. The minimum absolute atomic E-state index is 0.00825. The van der Waals surface area contributed by atoms with Gasteiger partial charge in [-0.25, -0.2) is 0 Å². The fraction of sp³-hybridized carbons (Fsp3) is 0.429. The monoisotopic (exact) mass is 264 g/mol. The molecule has 19 heavy (non-hydrogen) atoms. The third-order valence-corrected chi connectivity index (χ3v) is 2.66. The molecule has 0 fully saturated rings. The maximum Gasteiger partial charge on any atom is 0.293 e. The number of hydrogen-bond donors (Lipinski definition) is 2. The van der Waals surface area contributed by atoms with Crippen LogP contribution in [0.1, 0.15) is 31.2 Å². The fourth-order valence-corrected chi connectivity index (χ4v) is 1.64. The largest absolute Gasteiger partial charge is 0.463 e. The normalized spacial score (nSPS) is 9.95. The van der Waals surface area contributed by atoms with E-state index in [-0.39, 0.29) is 12.5 Å². The molecule has 0 aromatic heterocycles. The highest BCUT2D eigenvalue weighted by molar-refractivity contribution is 5.90. The van der Waals surface area contributed by atoms with Gasteiger partial charge in [-0.05, 0) is 37.1 Å². The molecular weight excluding hydrogens is 244 g/mol. The molecule has 0 heterocycles. The zero-order valence-electron chi connectivity index (χ0n) is 10.9. The van der Waals surface area contributed by atoms with Crippen LogP contribution in [0.15, 0.2) is 24.3 Å². The molecule has 0 aliphatic heterocycles. The van der Waals surface area contributed by atoms with Crippen LogP contribution in [-0.4, -0.2) is 18.9 Å². The molecule has 0 spiro atoms. The molecule has 0 saturated carbocycles. The summed E-state index contributed by atoms with van der Waals surface area (Å²) >= 11 is 0. The van der Waals surface area contributed by atoms with Gasteiger partial charge in [-0.1, -0.05) is 18.6 Å². The molecule has 1 aromatic carbocycles. The molecule has 0 aliphatic carbocycles. The summed E-state index contributed by atoms with van der Waals surface area (Å²) in [7, 11) is 0. The van der Waals surface area contributed by atoms with Crippen molar-refractivity contribution in [3.05, 3.63) is 29.8 Å². The summed E-state index contributed by atoms with van der Waals surface area (Å²) in [5.41, 5.74) is 7.02. The fourth-order valence-electron chi connectivity index (χ4n) is 1.64. The minimum atomic E-state index is 0.00825. The van der Waals surface area contributed by atoms with Gasteiger partial charge in [0.25, 0.3) is 6.47 Å². The Balaban J connectivity index is 2.31. The molecule has 5 heteroatoms. The second-order valence-corrected chi connectivity index (χ2v) is 4.25. The van der Waals surface area contributed by atoms with Crippen LogP contribution in [0.4, 0.5) is 5.69 Å². The van der Waals surface area contributed by atoms with E-state index in [1.54, 1.807) is 12.1 Å². The van der Waals surface area contributed by atoms with E-state index in [4.69, 9.17) is 5.73 Å². The molecule has 0 bridgehead atoms. The van der Waals surface area contributed by atoms with Gasteiger partial charge >= 0.3 is 0 Å². The number of benzene rings is 1. The maximum absolute atomic E-state index is 11.6. The van der Waals surface area contributed by atoms with Gasteiger partial charge in [-0.15, -0.1) is 0 Å². The highest BCUT2D eigenvalue weighted by Gasteiger charge is 2.02. The Bertz CT molecular complexity index is 390. The Morgan fingerprint density at radius 2 is 1.95 bits per heavy atom. The van der Waals surface area contributed by atoms with Gasteiger partial charge in [0.05, 0.1) is 0 Å². The molecule has 0 atom stereocenters. The Hall–Kier alpha value is -1.88. The highest BCUT2D eigenvalue weighted by atomic mass is 16.5. The molecular formula is C14H20N2O3. The molecule has 1 amide bonds. The molecule has 0 radical (unpaired) electrons. The van der Waals surface area contributed by atoms with Crippen LogP contribution >= 0.6 is 0 Å². The summed E-state index contributed by atoms with van der Waals surface area (Å²) < 4.78 is 4.64. The zero-order valence-corrected chi connectivity index (χ0v) is 10.9. The van der Waals surface area contributed by atoms with Crippen LogP contribution < -0.4 is 11.1 Å². The molecule has 0 saturated heterocycles. The van der Waals surface area contributed by atoms with Crippen LogP contribution in [0, 0.1) is 0 Å². The number of carbonyl (C=O) groups is 2. The molecule has 0 unspecified atom stereocenters. The van der Waals surface area contributed by atoms with E-state index in [9.17, 15) is 9.59 Å². The van der Waals surface area contributed by atoms with E-state index in [0.29, 0.717) is 19.4 Å². The van der Waals surface area contributed by atoms with Crippen molar-refractivity contribution in [2.75, 3.05) is 11.9 Å². The van der Waals surface area contributed by atoms with Crippen molar-refractivity contribution in [2.24, 2.45) is 5.73 Å². The smallest absolute Gasteiger partial charge is 0.293 e. The number of anilines is 1. The summed E-state index contributed by atoms with van der Waals surface area (Å²) in [4.78, 5) is 21.7. The van der Waals surface area contributed by atoms with Gasteiger partial charge in [0, 0.05) is 12.1 Å². The lowest BCUT2D eigenvalue weighted by molar-refractivity contribution is -0.129. The zero-order chi connectivity index (χ0) is 13.9. The van der Waals surface area contributed by atoms with E-state index in [1.165, 1.54) is 0 Å². The third-order valence-electron chi connectivity index (χ3n) is 2.66. The number of nitrogens with two attached hydrogens (primary N) is 1.